The molecule has 3 rings (SSSR count). The summed E-state index contributed by atoms with van der Waals surface area (Å²) in [6, 6.07) is 2.06. The van der Waals surface area contributed by atoms with Crippen molar-refractivity contribution in [1.82, 2.24) is 24.1 Å². The Morgan fingerprint density at radius 1 is 1.19 bits per heavy atom. The molecule has 0 unspecified atom stereocenters. The van der Waals surface area contributed by atoms with E-state index in [-0.39, 0.29) is 6.04 Å². The molecule has 142 valence electrons. The van der Waals surface area contributed by atoms with E-state index in [1.807, 2.05) is 26.8 Å². The van der Waals surface area contributed by atoms with Gasteiger partial charge >= 0.3 is 0 Å². The molecule has 0 aliphatic carbocycles. The average molecular weight is 379 g/mol. The highest BCUT2D eigenvalue weighted by Gasteiger charge is 2.29. The van der Waals surface area contributed by atoms with Crippen LogP contribution < -0.4 is 4.90 Å². The van der Waals surface area contributed by atoms with Crippen LogP contribution in [0.3, 0.4) is 0 Å². The van der Waals surface area contributed by atoms with Crippen LogP contribution in [-0.2, 0) is 10.0 Å². The summed E-state index contributed by atoms with van der Waals surface area (Å²) >= 11 is 0. The van der Waals surface area contributed by atoms with Crippen molar-refractivity contribution in [2.75, 3.05) is 30.8 Å². The molecule has 0 aromatic carbocycles. The zero-order valence-corrected chi connectivity index (χ0v) is 16.6. The lowest BCUT2D eigenvalue weighted by Gasteiger charge is -2.37. The lowest BCUT2D eigenvalue weighted by molar-refractivity contribution is 0.285. The number of nitrogens with zero attached hydrogens (tertiary/aromatic N) is 6. The van der Waals surface area contributed by atoms with Crippen molar-refractivity contribution >= 4 is 15.8 Å². The number of piperidine rings is 1. The van der Waals surface area contributed by atoms with E-state index < -0.39 is 10.0 Å². The molecule has 0 radical (unpaired) electrons. The first kappa shape index (κ1) is 18.8. The van der Waals surface area contributed by atoms with Gasteiger partial charge in [-0.25, -0.2) is 18.1 Å². The molecule has 9 heteroatoms. The van der Waals surface area contributed by atoms with Crippen LogP contribution in [0, 0.1) is 13.8 Å². The quantitative estimate of drug-likeness (QED) is 0.784. The normalized spacial score (nSPS) is 16.4. The third-order valence-electron chi connectivity index (χ3n) is 4.77. The van der Waals surface area contributed by atoms with Gasteiger partial charge in [-0.3, -0.25) is 4.98 Å². The molecule has 1 aliphatic rings. The maximum Gasteiger partial charge on any atom is 0.211 e. The van der Waals surface area contributed by atoms with Crippen molar-refractivity contribution in [3.05, 3.63) is 29.8 Å². The molecule has 0 spiro atoms. The largest absolute Gasteiger partial charge is 0.355 e. The topological polar surface area (TPSA) is 84.2 Å². The van der Waals surface area contributed by atoms with Crippen LogP contribution in [0.25, 0.3) is 5.82 Å². The van der Waals surface area contributed by atoms with Gasteiger partial charge in [0.25, 0.3) is 0 Å². The van der Waals surface area contributed by atoms with Crippen LogP contribution in [0.15, 0.2) is 18.5 Å². The Morgan fingerprint density at radius 2 is 1.85 bits per heavy atom. The van der Waals surface area contributed by atoms with Crippen LogP contribution in [0.4, 0.5) is 5.82 Å². The minimum atomic E-state index is -3.17. The van der Waals surface area contributed by atoms with Gasteiger partial charge < -0.3 is 4.90 Å². The fourth-order valence-electron chi connectivity index (χ4n) is 3.61. The Kier molecular flexibility index (Phi) is 5.29. The van der Waals surface area contributed by atoms with E-state index in [0.29, 0.717) is 12.4 Å². The number of sulfonamides is 1. The molecule has 26 heavy (non-hydrogen) atoms. The summed E-state index contributed by atoms with van der Waals surface area (Å²) in [6.45, 7) is 7.85. The number of hydrogen-bond donors (Lipinski definition) is 0. The molecule has 0 atom stereocenters. The Morgan fingerprint density at radius 3 is 2.38 bits per heavy atom. The highest BCUT2D eigenvalue weighted by atomic mass is 32.2. The second kappa shape index (κ2) is 7.32. The molecule has 0 N–H and O–H groups in total. The van der Waals surface area contributed by atoms with Crippen LogP contribution >= 0.6 is 0 Å². The summed E-state index contributed by atoms with van der Waals surface area (Å²) in [4.78, 5) is 11.2. The van der Waals surface area contributed by atoms with E-state index in [0.717, 1.165) is 43.1 Å². The molecule has 2 aromatic heterocycles. The molecule has 1 fully saturated rings. The van der Waals surface area contributed by atoms with Crippen LogP contribution in [0.2, 0.25) is 0 Å². The van der Waals surface area contributed by atoms with Gasteiger partial charge in [0.2, 0.25) is 10.0 Å². The van der Waals surface area contributed by atoms with Crippen LogP contribution in [0.5, 0.6) is 0 Å². The highest BCUT2D eigenvalue weighted by Crippen LogP contribution is 2.23. The number of aromatic nitrogens is 4. The molecule has 3 heterocycles. The molecule has 1 saturated heterocycles. The molecule has 8 nitrogen and oxygen atoms in total. The molecular weight excluding hydrogens is 352 g/mol. The number of aryl methyl sites for hydroxylation is 2. The second-order valence-corrected chi connectivity index (χ2v) is 8.69. The maximum atomic E-state index is 11.9. The lowest BCUT2D eigenvalue weighted by atomic mass is 10.1. The Balaban J connectivity index is 1.74. The van der Waals surface area contributed by atoms with E-state index in [1.165, 1.54) is 6.26 Å². The van der Waals surface area contributed by atoms with Crippen molar-refractivity contribution in [3.8, 4) is 5.82 Å². The highest BCUT2D eigenvalue weighted by molar-refractivity contribution is 7.88. The lowest BCUT2D eigenvalue weighted by Crippen LogP contribution is -2.47. The number of rotatable bonds is 5. The SMILES string of the molecule is CCN(C1CCN(c2cncc(-n3nc(C)cc3C)n2)CC1)S(C)(=O)=O. The molecule has 0 bridgehead atoms. The molecule has 0 amide bonds. The summed E-state index contributed by atoms with van der Waals surface area (Å²) in [5.41, 5.74) is 1.95. The van der Waals surface area contributed by atoms with Crippen LogP contribution in [-0.4, -0.2) is 64.4 Å². The van der Waals surface area contributed by atoms with Crippen molar-refractivity contribution in [3.63, 3.8) is 0 Å². The van der Waals surface area contributed by atoms with Gasteiger partial charge in [0.05, 0.1) is 24.3 Å². The zero-order valence-electron chi connectivity index (χ0n) is 15.8. The predicted molar refractivity (Wildman–Crippen MR) is 101 cm³/mol. The summed E-state index contributed by atoms with van der Waals surface area (Å²) in [5, 5.41) is 4.46. The predicted octanol–water partition coefficient (Wildman–Crippen LogP) is 1.53. The van der Waals surface area contributed by atoms with Gasteiger partial charge in [-0.1, -0.05) is 6.92 Å². The van der Waals surface area contributed by atoms with E-state index >= 15 is 0 Å². The summed E-state index contributed by atoms with van der Waals surface area (Å²) < 4.78 is 27.3. The van der Waals surface area contributed by atoms with Crippen molar-refractivity contribution in [2.45, 2.75) is 39.7 Å². The maximum absolute atomic E-state index is 11.9. The molecule has 1 aliphatic heterocycles. The van der Waals surface area contributed by atoms with Gasteiger partial charge in [0.1, 0.15) is 5.82 Å². The fourth-order valence-corrected chi connectivity index (χ4v) is 4.83. The van der Waals surface area contributed by atoms with Gasteiger partial charge in [0.15, 0.2) is 5.82 Å². The minimum absolute atomic E-state index is 0.0541. The first-order valence-corrected chi connectivity index (χ1v) is 10.7. The third kappa shape index (κ3) is 3.88. The van der Waals surface area contributed by atoms with E-state index in [4.69, 9.17) is 4.98 Å². The first-order valence-electron chi connectivity index (χ1n) is 8.87. The first-order chi connectivity index (χ1) is 12.3. The Labute approximate surface area is 154 Å². The summed E-state index contributed by atoms with van der Waals surface area (Å²) in [6.07, 6.45) is 6.31. The second-order valence-electron chi connectivity index (χ2n) is 6.76. The van der Waals surface area contributed by atoms with Crippen molar-refractivity contribution < 1.29 is 8.42 Å². The van der Waals surface area contributed by atoms with E-state index in [1.54, 1.807) is 21.4 Å². The Hall–Kier alpha value is -2.00. The summed E-state index contributed by atoms with van der Waals surface area (Å²) in [7, 11) is -3.17. The zero-order chi connectivity index (χ0) is 18.9. The number of hydrogen-bond acceptors (Lipinski definition) is 6. The third-order valence-corrected chi connectivity index (χ3v) is 6.18. The van der Waals surface area contributed by atoms with E-state index in [9.17, 15) is 8.42 Å². The average Bonchev–Trinajstić information content (AvgIpc) is 2.93. The van der Waals surface area contributed by atoms with Gasteiger partial charge in [-0.05, 0) is 32.8 Å². The van der Waals surface area contributed by atoms with Gasteiger partial charge in [0, 0.05) is 31.4 Å². The van der Waals surface area contributed by atoms with Gasteiger partial charge in [-0.15, -0.1) is 0 Å². The summed E-state index contributed by atoms with van der Waals surface area (Å²) in [5.74, 6) is 1.50. The Bertz CT molecular complexity index is 871. The minimum Gasteiger partial charge on any atom is -0.355 e. The smallest absolute Gasteiger partial charge is 0.211 e. The molecule has 2 aromatic rings. The van der Waals surface area contributed by atoms with Crippen LogP contribution in [0.1, 0.15) is 31.2 Å². The van der Waals surface area contributed by atoms with Gasteiger partial charge in [-0.2, -0.15) is 9.40 Å². The van der Waals surface area contributed by atoms with E-state index in [2.05, 4.69) is 15.0 Å². The standard InChI is InChI=1S/C17H26N6O2S/c1-5-22(26(4,24)25)15-6-8-21(9-7-15)16-11-18-12-17(19-16)23-14(3)10-13(2)20-23/h10-12,15H,5-9H2,1-4H3. The van der Waals surface area contributed by atoms with Crippen molar-refractivity contribution in [1.29, 1.82) is 0 Å². The fraction of sp³-hybridized carbons (Fsp3) is 0.588. The molecule has 0 saturated carbocycles. The molecular formula is C17H26N6O2S. The van der Waals surface area contributed by atoms with Crippen molar-refractivity contribution in [2.24, 2.45) is 0 Å². The monoisotopic (exact) mass is 378 g/mol. The number of anilines is 1.